The zero-order valence-electron chi connectivity index (χ0n) is 9.66. The molecule has 2 nitrogen and oxygen atoms in total. The maximum atomic E-state index is 10.0. The lowest BCUT2D eigenvalue weighted by molar-refractivity contribution is -0.0736. The summed E-state index contributed by atoms with van der Waals surface area (Å²) in [6.45, 7) is 9.03. The first kappa shape index (κ1) is 10.4. The maximum absolute atomic E-state index is 10.0. The predicted molar refractivity (Wildman–Crippen MR) is 58.2 cm³/mol. The number of piperidine rings is 1. The number of rotatable bonds is 0. The average Bonchev–Trinajstić information content (AvgIpc) is 2.00. The molecule has 0 aromatic carbocycles. The topological polar surface area (TPSA) is 23.5 Å². The van der Waals surface area contributed by atoms with Gasteiger partial charge in [-0.15, -0.1) is 0 Å². The zero-order chi connectivity index (χ0) is 10.3. The average molecular weight is 197 g/mol. The summed E-state index contributed by atoms with van der Waals surface area (Å²) in [5.74, 6) is 1.09. The van der Waals surface area contributed by atoms with Gasteiger partial charge in [0.1, 0.15) is 0 Å². The van der Waals surface area contributed by atoms with Gasteiger partial charge >= 0.3 is 0 Å². The third kappa shape index (κ3) is 1.82. The SMILES string of the molecule is CC(C)(C)N1CC2CCCC(C1)C2O. The van der Waals surface area contributed by atoms with E-state index in [0.717, 1.165) is 13.1 Å². The fourth-order valence-corrected chi connectivity index (χ4v) is 2.96. The van der Waals surface area contributed by atoms with Gasteiger partial charge in [0.05, 0.1) is 6.10 Å². The zero-order valence-corrected chi connectivity index (χ0v) is 9.66. The highest BCUT2D eigenvalue weighted by atomic mass is 16.3. The minimum Gasteiger partial charge on any atom is -0.392 e. The van der Waals surface area contributed by atoms with Crippen LogP contribution in [0.3, 0.4) is 0 Å². The number of fused-ring (bicyclic) bond motifs is 2. The first-order valence-corrected chi connectivity index (χ1v) is 5.91. The fraction of sp³-hybridized carbons (Fsp3) is 1.00. The molecule has 14 heavy (non-hydrogen) atoms. The van der Waals surface area contributed by atoms with Crippen molar-refractivity contribution in [3.8, 4) is 0 Å². The second kappa shape index (κ2) is 3.49. The van der Waals surface area contributed by atoms with E-state index in [1.54, 1.807) is 0 Å². The van der Waals surface area contributed by atoms with Crippen LogP contribution in [0.25, 0.3) is 0 Å². The first-order chi connectivity index (χ1) is 6.48. The second-order valence-corrected chi connectivity index (χ2v) is 6.02. The Hall–Kier alpha value is -0.0800. The number of aliphatic hydroxyl groups excluding tert-OH is 1. The molecule has 2 rings (SSSR count). The van der Waals surface area contributed by atoms with Gasteiger partial charge in [0, 0.05) is 18.6 Å². The largest absolute Gasteiger partial charge is 0.392 e. The van der Waals surface area contributed by atoms with Crippen LogP contribution in [0, 0.1) is 11.8 Å². The molecule has 82 valence electrons. The van der Waals surface area contributed by atoms with E-state index in [2.05, 4.69) is 25.7 Å². The number of likely N-dealkylation sites (tertiary alicyclic amines) is 1. The molecule has 0 aromatic rings. The molecule has 2 aliphatic rings. The summed E-state index contributed by atoms with van der Waals surface area (Å²) in [5.41, 5.74) is 0.272. The molecule has 1 heterocycles. The molecule has 0 aromatic heterocycles. The van der Waals surface area contributed by atoms with Crippen LogP contribution in [0.4, 0.5) is 0 Å². The summed E-state index contributed by atoms with van der Waals surface area (Å²) in [6, 6.07) is 0. The Balaban J connectivity index is 2.08. The molecule has 0 amide bonds. The van der Waals surface area contributed by atoms with E-state index in [-0.39, 0.29) is 11.6 Å². The fourth-order valence-electron chi connectivity index (χ4n) is 2.96. The Labute approximate surface area is 87.3 Å². The van der Waals surface area contributed by atoms with Crippen LogP contribution in [-0.4, -0.2) is 34.7 Å². The number of aliphatic hydroxyl groups is 1. The standard InChI is InChI=1S/C12H23NO/c1-12(2,3)13-7-9-5-4-6-10(8-13)11(9)14/h9-11,14H,4-8H2,1-3H3. The van der Waals surface area contributed by atoms with E-state index in [9.17, 15) is 5.11 Å². The van der Waals surface area contributed by atoms with Crippen molar-refractivity contribution < 1.29 is 5.11 Å². The summed E-state index contributed by atoms with van der Waals surface area (Å²) in [6.07, 6.45) is 3.76. The quantitative estimate of drug-likeness (QED) is 0.641. The maximum Gasteiger partial charge on any atom is 0.0620 e. The predicted octanol–water partition coefficient (Wildman–Crippen LogP) is 1.88. The monoisotopic (exact) mass is 197 g/mol. The number of nitrogens with zero attached hydrogens (tertiary/aromatic N) is 1. The molecule has 1 aliphatic heterocycles. The molecule has 1 saturated heterocycles. The van der Waals surface area contributed by atoms with E-state index >= 15 is 0 Å². The van der Waals surface area contributed by atoms with Crippen LogP contribution in [0.2, 0.25) is 0 Å². The van der Waals surface area contributed by atoms with Crippen molar-refractivity contribution in [1.29, 1.82) is 0 Å². The highest BCUT2D eigenvalue weighted by Gasteiger charge is 2.40. The summed E-state index contributed by atoms with van der Waals surface area (Å²) in [5, 5.41) is 10.0. The Bertz CT molecular complexity index is 195. The van der Waals surface area contributed by atoms with Crippen molar-refractivity contribution >= 4 is 0 Å². The minimum absolute atomic E-state index is 0.0117. The van der Waals surface area contributed by atoms with Gasteiger partial charge in [0.25, 0.3) is 0 Å². The summed E-state index contributed by atoms with van der Waals surface area (Å²) >= 11 is 0. The third-order valence-electron chi connectivity index (χ3n) is 3.97. The van der Waals surface area contributed by atoms with E-state index in [4.69, 9.17) is 0 Å². The van der Waals surface area contributed by atoms with Crippen LogP contribution in [0.5, 0.6) is 0 Å². The molecule has 1 saturated carbocycles. The minimum atomic E-state index is -0.0117. The Morgan fingerprint density at radius 2 is 1.57 bits per heavy atom. The lowest BCUT2D eigenvalue weighted by Crippen LogP contribution is -2.56. The van der Waals surface area contributed by atoms with Gasteiger partial charge in [-0.05, 0) is 45.4 Å². The Morgan fingerprint density at radius 3 is 2.00 bits per heavy atom. The van der Waals surface area contributed by atoms with E-state index < -0.39 is 0 Å². The molecular weight excluding hydrogens is 174 g/mol. The van der Waals surface area contributed by atoms with Crippen LogP contribution in [0.1, 0.15) is 40.0 Å². The van der Waals surface area contributed by atoms with Gasteiger partial charge in [0.15, 0.2) is 0 Å². The van der Waals surface area contributed by atoms with Crippen molar-refractivity contribution in [3.05, 3.63) is 0 Å². The molecule has 0 spiro atoms. The molecule has 2 fully saturated rings. The van der Waals surface area contributed by atoms with Gasteiger partial charge < -0.3 is 5.11 Å². The highest BCUT2D eigenvalue weighted by Crippen LogP contribution is 2.37. The number of hydrogen-bond acceptors (Lipinski definition) is 2. The molecule has 0 radical (unpaired) electrons. The first-order valence-electron chi connectivity index (χ1n) is 5.91. The molecule has 2 atom stereocenters. The summed E-state index contributed by atoms with van der Waals surface area (Å²) < 4.78 is 0. The van der Waals surface area contributed by atoms with E-state index in [1.807, 2.05) is 0 Å². The van der Waals surface area contributed by atoms with Gasteiger partial charge in [0.2, 0.25) is 0 Å². The van der Waals surface area contributed by atoms with Crippen molar-refractivity contribution in [2.75, 3.05) is 13.1 Å². The molecule has 2 unspecified atom stereocenters. The smallest absolute Gasteiger partial charge is 0.0620 e. The normalized spacial score (nSPS) is 39.9. The molecule has 1 N–H and O–H groups in total. The highest BCUT2D eigenvalue weighted by molar-refractivity contribution is 4.93. The lowest BCUT2D eigenvalue weighted by Gasteiger charge is -2.49. The van der Waals surface area contributed by atoms with Crippen molar-refractivity contribution in [1.82, 2.24) is 4.90 Å². The van der Waals surface area contributed by atoms with Gasteiger partial charge in [-0.3, -0.25) is 4.90 Å². The second-order valence-electron chi connectivity index (χ2n) is 6.02. The van der Waals surface area contributed by atoms with Gasteiger partial charge in [-0.25, -0.2) is 0 Å². The lowest BCUT2D eigenvalue weighted by atomic mass is 9.74. The Morgan fingerprint density at radius 1 is 1.07 bits per heavy atom. The third-order valence-corrected chi connectivity index (χ3v) is 3.97. The summed E-state index contributed by atoms with van der Waals surface area (Å²) in [4.78, 5) is 2.55. The molecular formula is C12H23NO. The van der Waals surface area contributed by atoms with Crippen LogP contribution < -0.4 is 0 Å². The Kier molecular flexibility index (Phi) is 2.61. The van der Waals surface area contributed by atoms with Crippen molar-refractivity contribution in [3.63, 3.8) is 0 Å². The molecule has 2 bridgehead atoms. The van der Waals surface area contributed by atoms with Crippen molar-refractivity contribution in [2.24, 2.45) is 11.8 Å². The van der Waals surface area contributed by atoms with E-state index in [0.29, 0.717) is 11.8 Å². The van der Waals surface area contributed by atoms with Crippen LogP contribution in [-0.2, 0) is 0 Å². The summed E-state index contributed by atoms with van der Waals surface area (Å²) in [7, 11) is 0. The van der Waals surface area contributed by atoms with Crippen molar-refractivity contribution in [2.45, 2.75) is 51.7 Å². The van der Waals surface area contributed by atoms with E-state index in [1.165, 1.54) is 19.3 Å². The van der Waals surface area contributed by atoms with Gasteiger partial charge in [-0.1, -0.05) is 6.42 Å². The molecule has 1 aliphatic carbocycles. The van der Waals surface area contributed by atoms with Crippen LogP contribution >= 0.6 is 0 Å². The van der Waals surface area contributed by atoms with Crippen LogP contribution in [0.15, 0.2) is 0 Å². The van der Waals surface area contributed by atoms with Gasteiger partial charge in [-0.2, -0.15) is 0 Å². The number of hydrogen-bond donors (Lipinski definition) is 1. The molecule has 2 heteroatoms.